The van der Waals surface area contributed by atoms with E-state index < -0.39 is 9.84 Å². The van der Waals surface area contributed by atoms with Gasteiger partial charge >= 0.3 is 0 Å². The summed E-state index contributed by atoms with van der Waals surface area (Å²) in [7, 11) is -3.22. The summed E-state index contributed by atoms with van der Waals surface area (Å²) in [6.45, 7) is 0. The van der Waals surface area contributed by atoms with E-state index in [0.29, 0.717) is 17.1 Å². The van der Waals surface area contributed by atoms with E-state index in [0.717, 1.165) is 6.26 Å². The molecule has 0 bridgehead atoms. The molecule has 0 saturated heterocycles. The quantitative estimate of drug-likeness (QED) is 0.869. The molecule has 2 rings (SSSR count). The monoisotopic (exact) mass is 308 g/mol. The second kappa shape index (κ2) is 5.56. The van der Waals surface area contributed by atoms with Gasteiger partial charge < -0.3 is 10.5 Å². The molecule has 2 N–H and O–H groups in total. The van der Waals surface area contributed by atoms with Crippen molar-refractivity contribution in [3.05, 3.63) is 48.3 Å². The van der Waals surface area contributed by atoms with Gasteiger partial charge in [-0.05, 0) is 30.3 Å². The van der Waals surface area contributed by atoms with Crippen LogP contribution in [0.5, 0.6) is 11.5 Å². The number of hydrogen-bond acceptors (Lipinski definition) is 5. The molecule has 7 heteroatoms. The van der Waals surface area contributed by atoms with Crippen LogP contribution in [0.4, 0.5) is 0 Å². The molecule has 0 aliphatic heterocycles. The van der Waals surface area contributed by atoms with Gasteiger partial charge in [0.2, 0.25) is 0 Å². The van der Waals surface area contributed by atoms with Crippen molar-refractivity contribution in [3.63, 3.8) is 0 Å². The van der Waals surface area contributed by atoms with E-state index in [4.69, 9.17) is 22.7 Å². The van der Waals surface area contributed by atoms with Crippen molar-refractivity contribution in [2.24, 2.45) is 5.73 Å². The number of pyridine rings is 1. The molecule has 0 spiro atoms. The van der Waals surface area contributed by atoms with Crippen molar-refractivity contribution in [1.82, 2.24) is 4.98 Å². The van der Waals surface area contributed by atoms with Gasteiger partial charge in [0.1, 0.15) is 10.7 Å². The molecule has 0 fully saturated rings. The van der Waals surface area contributed by atoms with E-state index in [1.807, 2.05) is 0 Å². The maximum Gasteiger partial charge on any atom is 0.175 e. The standard InChI is InChI=1S/C13H12N2O3S2/c1-20(16,17)10-4-2-9(3-5-10)18-12-8-15-7-6-11(12)13(14)19/h2-8H,1H3,(H2,14,19). The highest BCUT2D eigenvalue weighted by Crippen LogP contribution is 2.25. The summed E-state index contributed by atoms with van der Waals surface area (Å²) in [5.74, 6) is 0.898. The summed E-state index contributed by atoms with van der Waals surface area (Å²) in [6, 6.07) is 7.73. The molecule has 0 atom stereocenters. The first-order chi connectivity index (χ1) is 9.38. The minimum absolute atomic E-state index is 0.204. The number of nitrogens with two attached hydrogens (primary N) is 1. The van der Waals surface area contributed by atoms with Crippen LogP contribution < -0.4 is 10.5 Å². The second-order valence-corrected chi connectivity index (χ2v) is 6.54. The summed E-state index contributed by atoms with van der Waals surface area (Å²) in [5.41, 5.74) is 6.17. The van der Waals surface area contributed by atoms with E-state index in [-0.39, 0.29) is 9.88 Å². The molecule has 1 aromatic carbocycles. The second-order valence-electron chi connectivity index (χ2n) is 4.08. The number of aromatic nitrogens is 1. The smallest absolute Gasteiger partial charge is 0.175 e. The van der Waals surface area contributed by atoms with Crippen molar-refractivity contribution in [1.29, 1.82) is 0 Å². The van der Waals surface area contributed by atoms with Crippen LogP contribution in [0.25, 0.3) is 0 Å². The first kappa shape index (κ1) is 14.4. The third kappa shape index (κ3) is 3.31. The van der Waals surface area contributed by atoms with Gasteiger partial charge in [-0.3, -0.25) is 4.98 Å². The summed E-state index contributed by atoms with van der Waals surface area (Å²) in [6.07, 6.45) is 4.21. The average molecular weight is 308 g/mol. The maximum absolute atomic E-state index is 11.4. The molecule has 0 aliphatic carbocycles. The molecule has 20 heavy (non-hydrogen) atoms. The molecule has 2 aromatic rings. The largest absolute Gasteiger partial charge is 0.455 e. The van der Waals surface area contributed by atoms with Crippen LogP contribution in [0.3, 0.4) is 0 Å². The predicted molar refractivity (Wildman–Crippen MR) is 79.8 cm³/mol. The van der Waals surface area contributed by atoms with Gasteiger partial charge in [-0.2, -0.15) is 0 Å². The average Bonchev–Trinajstić information content (AvgIpc) is 2.38. The Labute approximate surface area is 122 Å². The summed E-state index contributed by atoms with van der Waals surface area (Å²) in [4.78, 5) is 4.38. The highest BCUT2D eigenvalue weighted by molar-refractivity contribution is 7.90. The molecule has 0 aliphatic rings. The van der Waals surface area contributed by atoms with E-state index >= 15 is 0 Å². The van der Waals surface area contributed by atoms with Crippen LogP contribution >= 0.6 is 12.2 Å². The van der Waals surface area contributed by atoms with Gasteiger partial charge in [0.25, 0.3) is 0 Å². The topological polar surface area (TPSA) is 82.3 Å². The summed E-state index contributed by atoms with van der Waals surface area (Å²) >= 11 is 4.93. The zero-order valence-electron chi connectivity index (χ0n) is 10.6. The highest BCUT2D eigenvalue weighted by Gasteiger charge is 2.09. The molecular formula is C13H12N2O3S2. The molecule has 0 radical (unpaired) electrons. The number of nitrogens with zero attached hydrogens (tertiary/aromatic N) is 1. The molecule has 5 nitrogen and oxygen atoms in total. The zero-order valence-corrected chi connectivity index (χ0v) is 12.2. The molecule has 1 heterocycles. The fourth-order valence-electron chi connectivity index (χ4n) is 1.55. The van der Waals surface area contributed by atoms with Gasteiger partial charge in [0.05, 0.1) is 16.7 Å². The van der Waals surface area contributed by atoms with Crippen molar-refractivity contribution < 1.29 is 13.2 Å². The fraction of sp³-hybridized carbons (Fsp3) is 0.0769. The van der Waals surface area contributed by atoms with Crippen molar-refractivity contribution in [2.75, 3.05) is 6.26 Å². The fourth-order valence-corrected chi connectivity index (χ4v) is 2.35. The molecule has 104 valence electrons. The van der Waals surface area contributed by atoms with Crippen LogP contribution in [0, 0.1) is 0 Å². The van der Waals surface area contributed by atoms with Gasteiger partial charge in [-0.25, -0.2) is 8.42 Å². The highest BCUT2D eigenvalue weighted by atomic mass is 32.2. The van der Waals surface area contributed by atoms with E-state index in [9.17, 15) is 8.42 Å². The lowest BCUT2D eigenvalue weighted by Gasteiger charge is -2.09. The van der Waals surface area contributed by atoms with Crippen molar-refractivity contribution >= 4 is 27.0 Å². The Bertz CT molecular complexity index is 740. The number of thiocarbonyl (C=S) groups is 1. The number of benzene rings is 1. The SMILES string of the molecule is CS(=O)(=O)c1ccc(Oc2cnccc2C(N)=S)cc1. The number of sulfone groups is 1. The lowest BCUT2D eigenvalue weighted by molar-refractivity contribution is 0.479. The van der Waals surface area contributed by atoms with Crippen LogP contribution in [-0.2, 0) is 9.84 Å². The predicted octanol–water partition coefficient (Wildman–Crippen LogP) is 1.91. The number of hydrogen-bond donors (Lipinski definition) is 1. The van der Waals surface area contributed by atoms with Crippen LogP contribution in [-0.4, -0.2) is 24.6 Å². The number of rotatable bonds is 4. The van der Waals surface area contributed by atoms with E-state index in [1.54, 1.807) is 24.4 Å². The minimum Gasteiger partial charge on any atom is -0.455 e. The first-order valence-corrected chi connectivity index (χ1v) is 7.89. The maximum atomic E-state index is 11.4. The minimum atomic E-state index is -3.22. The lowest BCUT2D eigenvalue weighted by Crippen LogP contribution is -2.10. The molecular weight excluding hydrogens is 296 g/mol. The Morgan fingerprint density at radius 2 is 1.90 bits per heavy atom. The third-order valence-electron chi connectivity index (χ3n) is 2.53. The van der Waals surface area contributed by atoms with Crippen LogP contribution in [0.1, 0.15) is 5.56 Å². The van der Waals surface area contributed by atoms with Gasteiger partial charge in [0.15, 0.2) is 15.6 Å². The molecule has 0 amide bonds. The van der Waals surface area contributed by atoms with Gasteiger partial charge in [0, 0.05) is 12.5 Å². The number of ether oxygens (including phenoxy) is 1. The lowest BCUT2D eigenvalue weighted by atomic mass is 10.2. The zero-order chi connectivity index (χ0) is 14.8. The van der Waals surface area contributed by atoms with Crippen LogP contribution in [0.2, 0.25) is 0 Å². The molecule has 0 unspecified atom stereocenters. The summed E-state index contributed by atoms with van der Waals surface area (Å²) in [5, 5.41) is 0. The Balaban J connectivity index is 2.30. The normalized spacial score (nSPS) is 11.1. The summed E-state index contributed by atoms with van der Waals surface area (Å²) < 4.78 is 28.3. The molecule has 0 saturated carbocycles. The third-order valence-corrected chi connectivity index (χ3v) is 3.88. The van der Waals surface area contributed by atoms with Crippen molar-refractivity contribution in [3.8, 4) is 11.5 Å². The first-order valence-electron chi connectivity index (χ1n) is 5.60. The van der Waals surface area contributed by atoms with E-state index in [2.05, 4.69) is 4.98 Å². The van der Waals surface area contributed by atoms with Crippen molar-refractivity contribution in [2.45, 2.75) is 4.90 Å². The Hall–Kier alpha value is -1.99. The molecule has 1 aromatic heterocycles. The van der Waals surface area contributed by atoms with Gasteiger partial charge in [-0.15, -0.1) is 0 Å². The Morgan fingerprint density at radius 3 is 2.45 bits per heavy atom. The Kier molecular flexibility index (Phi) is 4.01. The Morgan fingerprint density at radius 1 is 1.25 bits per heavy atom. The van der Waals surface area contributed by atoms with Crippen LogP contribution in [0.15, 0.2) is 47.6 Å². The van der Waals surface area contributed by atoms with E-state index in [1.165, 1.54) is 18.3 Å². The van der Waals surface area contributed by atoms with Gasteiger partial charge in [-0.1, -0.05) is 12.2 Å².